The van der Waals surface area contributed by atoms with Gasteiger partial charge in [-0.1, -0.05) is 52.5 Å². The van der Waals surface area contributed by atoms with Crippen LogP contribution in [0, 0.1) is 0 Å². The SMILES string of the molecule is C[C@H](NC(=O)CCC(F)(F)F)NC(=O)c1ccc(/C(F)=C/C(c2cc(Cl)c(Cl)c(Cl)c2)C(F)(F)F)cc1Cl. The maximum absolute atomic E-state index is 14.9. The molecule has 0 radical (unpaired) electrons. The molecule has 0 aliphatic carbocycles. The van der Waals surface area contributed by atoms with E-state index >= 15 is 0 Å². The second kappa shape index (κ2) is 12.8. The lowest BCUT2D eigenvalue weighted by Gasteiger charge is -2.19. The van der Waals surface area contributed by atoms with Crippen molar-refractivity contribution in [3.05, 3.63) is 73.2 Å². The smallest absolute Gasteiger partial charge is 0.336 e. The average Bonchev–Trinajstić information content (AvgIpc) is 2.77. The molecular formula is C23H17Cl4F7N2O2. The summed E-state index contributed by atoms with van der Waals surface area (Å²) in [5, 5.41) is 3.38. The first kappa shape index (κ1) is 32.0. The van der Waals surface area contributed by atoms with Crippen molar-refractivity contribution >= 4 is 64.0 Å². The molecular weight excluding hydrogens is 611 g/mol. The molecule has 0 spiro atoms. The molecule has 4 nitrogen and oxygen atoms in total. The molecule has 2 rings (SSSR count). The first-order valence-corrected chi connectivity index (χ1v) is 12.0. The third-order valence-corrected chi connectivity index (χ3v) is 6.39. The minimum Gasteiger partial charge on any atom is -0.336 e. The van der Waals surface area contributed by atoms with Gasteiger partial charge in [-0.3, -0.25) is 9.59 Å². The molecule has 2 aromatic carbocycles. The maximum Gasteiger partial charge on any atom is 0.399 e. The van der Waals surface area contributed by atoms with Crippen LogP contribution in [0.5, 0.6) is 0 Å². The number of nitrogens with one attached hydrogen (secondary N) is 2. The van der Waals surface area contributed by atoms with Crippen molar-refractivity contribution < 1.29 is 40.3 Å². The van der Waals surface area contributed by atoms with E-state index in [-0.39, 0.29) is 37.3 Å². The molecule has 0 aromatic heterocycles. The van der Waals surface area contributed by atoms with E-state index in [2.05, 4.69) is 10.6 Å². The molecule has 2 N–H and O–H groups in total. The van der Waals surface area contributed by atoms with Crippen molar-refractivity contribution in [2.24, 2.45) is 0 Å². The number of hydrogen-bond donors (Lipinski definition) is 2. The molecule has 0 saturated heterocycles. The summed E-state index contributed by atoms with van der Waals surface area (Å²) in [5.41, 5.74) is -1.09. The summed E-state index contributed by atoms with van der Waals surface area (Å²) in [4.78, 5) is 24.0. The molecule has 0 saturated carbocycles. The number of carbonyl (C=O) groups is 2. The van der Waals surface area contributed by atoms with Crippen LogP contribution in [0.15, 0.2) is 36.4 Å². The highest BCUT2D eigenvalue weighted by atomic mass is 35.5. The van der Waals surface area contributed by atoms with Crippen LogP contribution in [0.3, 0.4) is 0 Å². The Morgan fingerprint density at radius 3 is 2.00 bits per heavy atom. The third kappa shape index (κ3) is 9.21. The quantitative estimate of drug-likeness (QED) is 0.175. The van der Waals surface area contributed by atoms with Crippen molar-refractivity contribution in [3.8, 4) is 0 Å². The normalized spacial score (nSPS) is 14.2. The van der Waals surface area contributed by atoms with Gasteiger partial charge in [0.2, 0.25) is 5.91 Å². The van der Waals surface area contributed by atoms with E-state index in [1.807, 2.05) is 0 Å². The Bertz CT molecular complexity index is 1210. The zero-order valence-electron chi connectivity index (χ0n) is 19.0. The Morgan fingerprint density at radius 2 is 1.50 bits per heavy atom. The number of rotatable bonds is 8. The van der Waals surface area contributed by atoms with Crippen LogP contribution in [0.2, 0.25) is 20.1 Å². The minimum absolute atomic E-state index is 0.168. The predicted octanol–water partition coefficient (Wildman–Crippen LogP) is 8.49. The van der Waals surface area contributed by atoms with E-state index in [0.717, 1.165) is 30.3 Å². The molecule has 15 heteroatoms. The third-order valence-electron chi connectivity index (χ3n) is 4.88. The van der Waals surface area contributed by atoms with Gasteiger partial charge in [-0.25, -0.2) is 4.39 Å². The zero-order chi connectivity index (χ0) is 29.0. The summed E-state index contributed by atoms with van der Waals surface area (Å²) < 4.78 is 92.7. The Kier molecular flexibility index (Phi) is 10.7. The Labute approximate surface area is 232 Å². The van der Waals surface area contributed by atoms with Crippen LogP contribution in [-0.4, -0.2) is 30.3 Å². The molecule has 1 unspecified atom stereocenters. The lowest BCUT2D eigenvalue weighted by Crippen LogP contribution is -2.46. The van der Waals surface area contributed by atoms with E-state index in [9.17, 15) is 40.3 Å². The molecule has 0 fully saturated rings. The van der Waals surface area contributed by atoms with Crippen LogP contribution in [0.4, 0.5) is 30.7 Å². The number of carbonyl (C=O) groups excluding carboxylic acids is 2. The van der Waals surface area contributed by atoms with Gasteiger partial charge in [-0.15, -0.1) is 0 Å². The number of allylic oxidation sites excluding steroid dienone is 1. The summed E-state index contributed by atoms with van der Waals surface area (Å²) in [6.45, 7) is 1.28. The summed E-state index contributed by atoms with van der Waals surface area (Å²) in [6, 6.07) is 4.73. The van der Waals surface area contributed by atoms with E-state index in [0.29, 0.717) is 0 Å². The van der Waals surface area contributed by atoms with Gasteiger partial charge in [0, 0.05) is 12.0 Å². The second-order valence-corrected chi connectivity index (χ2v) is 9.50. The van der Waals surface area contributed by atoms with Crippen molar-refractivity contribution in [2.75, 3.05) is 0 Å². The number of alkyl halides is 6. The largest absolute Gasteiger partial charge is 0.399 e. The van der Waals surface area contributed by atoms with Gasteiger partial charge in [-0.05, 0) is 42.8 Å². The standard InChI is InChI=1S/C23H17Cl4F7N2O2/c1-10(35-19(37)4-5-22(29,30)31)36-21(38)13-3-2-11(6-15(13)24)18(28)9-14(23(32,33)34)12-7-16(25)20(27)17(26)8-12/h2-3,6-10,14H,4-5H2,1H3,(H,35,37)(H,36,38)/b18-9-/t10-,14?/m1/s1. The molecule has 2 aromatic rings. The van der Waals surface area contributed by atoms with Crippen LogP contribution >= 0.6 is 46.4 Å². The fourth-order valence-electron chi connectivity index (χ4n) is 3.10. The highest BCUT2D eigenvalue weighted by Crippen LogP contribution is 2.42. The van der Waals surface area contributed by atoms with Crippen molar-refractivity contribution in [3.63, 3.8) is 0 Å². The van der Waals surface area contributed by atoms with Crippen LogP contribution in [-0.2, 0) is 4.79 Å². The highest BCUT2D eigenvalue weighted by Gasteiger charge is 2.40. The summed E-state index contributed by atoms with van der Waals surface area (Å²) >= 11 is 23.4. The van der Waals surface area contributed by atoms with Gasteiger partial charge in [0.05, 0.1) is 38.2 Å². The summed E-state index contributed by atoms with van der Waals surface area (Å²) in [7, 11) is 0. The molecule has 0 aliphatic rings. The van der Waals surface area contributed by atoms with Crippen LogP contribution in [0.25, 0.3) is 5.83 Å². The van der Waals surface area contributed by atoms with Crippen molar-refractivity contribution in [2.45, 2.75) is 44.2 Å². The fraction of sp³-hybridized carbons (Fsp3) is 0.304. The maximum atomic E-state index is 14.9. The van der Waals surface area contributed by atoms with Gasteiger partial charge < -0.3 is 10.6 Å². The number of hydrogen-bond acceptors (Lipinski definition) is 2. The van der Waals surface area contributed by atoms with Gasteiger partial charge in [0.25, 0.3) is 5.91 Å². The molecule has 208 valence electrons. The number of amides is 2. The average molecular weight is 628 g/mol. The molecule has 2 atom stereocenters. The fourth-order valence-corrected chi connectivity index (χ4v) is 3.98. The molecule has 0 heterocycles. The first-order valence-electron chi connectivity index (χ1n) is 10.4. The topological polar surface area (TPSA) is 58.2 Å². The summed E-state index contributed by atoms with van der Waals surface area (Å²) in [6.07, 6.45) is -12.5. The second-order valence-electron chi connectivity index (χ2n) is 7.90. The van der Waals surface area contributed by atoms with Gasteiger partial charge in [-0.2, -0.15) is 26.3 Å². The predicted molar refractivity (Wildman–Crippen MR) is 131 cm³/mol. The lowest BCUT2D eigenvalue weighted by atomic mass is 9.96. The Hall–Kier alpha value is -2.21. The molecule has 0 aliphatic heterocycles. The van der Waals surface area contributed by atoms with E-state index in [4.69, 9.17) is 46.4 Å². The number of halogens is 11. The Morgan fingerprint density at radius 1 is 0.921 bits per heavy atom. The van der Waals surface area contributed by atoms with E-state index in [1.54, 1.807) is 0 Å². The molecule has 38 heavy (non-hydrogen) atoms. The minimum atomic E-state index is -4.94. The van der Waals surface area contributed by atoms with E-state index in [1.165, 1.54) is 6.92 Å². The zero-order valence-corrected chi connectivity index (χ0v) is 22.0. The van der Waals surface area contributed by atoms with Crippen molar-refractivity contribution in [1.82, 2.24) is 10.6 Å². The van der Waals surface area contributed by atoms with Gasteiger partial charge in [0.15, 0.2) is 0 Å². The molecule has 0 bridgehead atoms. The summed E-state index contributed by atoms with van der Waals surface area (Å²) in [5.74, 6) is -5.63. The number of benzene rings is 2. The van der Waals surface area contributed by atoms with Crippen LogP contribution < -0.4 is 10.6 Å². The Balaban J connectivity index is 2.21. The van der Waals surface area contributed by atoms with Gasteiger partial charge in [0.1, 0.15) is 11.7 Å². The monoisotopic (exact) mass is 626 g/mol. The first-order chi connectivity index (χ1) is 17.4. The van der Waals surface area contributed by atoms with Gasteiger partial charge >= 0.3 is 12.4 Å². The van der Waals surface area contributed by atoms with Crippen LogP contribution in [0.1, 0.15) is 47.2 Å². The van der Waals surface area contributed by atoms with E-state index < -0.39 is 60.5 Å². The highest BCUT2D eigenvalue weighted by molar-refractivity contribution is 6.48. The lowest BCUT2D eigenvalue weighted by molar-refractivity contribution is -0.144. The van der Waals surface area contributed by atoms with Crippen molar-refractivity contribution in [1.29, 1.82) is 0 Å². The molecule has 2 amide bonds.